The van der Waals surface area contributed by atoms with Crippen molar-refractivity contribution in [2.24, 2.45) is 5.73 Å². The lowest BCUT2D eigenvalue weighted by Gasteiger charge is -2.18. The summed E-state index contributed by atoms with van der Waals surface area (Å²) in [5, 5.41) is 9.90. The van der Waals surface area contributed by atoms with E-state index in [2.05, 4.69) is 0 Å². The Kier molecular flexibility index (Phi) is 3.14. The summed E-state index contributed by atoms with van der Waals surface area (Å²) in [6.45, 7) is 0. The van der Waals surface area contributed by atoms with Crippen LogP contribution in [0.15, 0.2) is 18.2 Å². The fourth-order valence-electron chi connectivity index (χ4n) is 2.20. The van der Waals surface area contributed by atoms with Crippen LogP contribution in [-0.4, -0.2) is 11.1 Å². The van der Waals surface area contributed by atoms with Gasteiger partial charge in [0, 0.05) is 6.04 Å². The summed E-state index contributed by atoms with van der Waals surface area (Å²) in [5.41, 5.74) is 6.16. The van der Waals surface area contributed by atoms with Crippen LogP contribution in [0.25, 0.3) is 0 Å². The summed E-state index contributed by atoms with van der Waals surface area (Å²) in [6.07, 6.45) is -3.35. The SMILES string of the molecule is NC1CCCc2cc(C(F)(F)F)ccc2C1O. The Morgan fingerprint density at radius 2 is 2.00 bits per heavy atom. The van der Waals surface area contributed by atoms with Crippen LogP contribution in [0.3, 0.4) is 0 Å². The zero-order chi connectivity index (χ0) is 12.6. The number of hydrogen-bond donors (Lipinski definition) is 2. The maximum absolute atomic E-state index is 12.5. The number of aliphatic hydroxyl groups is 1. The van der Waals surface area contributed by atoms with E-state index in [1.54, 1.807) is 0 Å². The standard InChI is InChI=1S/C12H14F3NO/c13-12(14,15)8-4-5-9-7(6-8)2-1-3-10(16)11(9)17/h4-6,10-11,17H,1-3,16H2. The molecule has 1 aliphatic carbocycles. The molecule has 2 unspecified atom stereocenters. The third-order valence-electron chi connectivity index (χ3n) is 3.18. The van der Waals surface area contributed by atoms with Crippen molar-refractivity contribution in [2.75, 3.05) is 0 Å². The fraction of sp³-hybridized carbons (Fsp3) is 0.500. The molecule has 0 bridgehead atoms. The normalized spacial score (nSPS) is 25.2. The maximum Gasteiger partial charge on any atom is 0.416 e. The van der Waals surface area contributed by atoms with Crippen molar-refractivity contribution >= 4 is 0 Å². The molecule has 2 rings (SSSR count). The molecule has 0 amide bonds. The zero-order valence-corrected chi connectivity index (χ0v) is 9.17. The molecule has 0 radical (unpaired) electrons. The van der Waals surface area contributed by atoms with Crippen LogP contribution in [0.4, 0.5) is 13.2 Å². The highest BCUT2D eigenvalue weighted by Crippen LogP contribution is 2.34. The number of aliphatic hydroxyl groups excluding tert-OH is 1. The van der Waals surface area contributed by atoms with Crippen LogP contribution in [0.5, 0.6) is 0 Å². The van der Waals surface area contributed by atoms with Crippen LogP contribution in [0.1, 0.15) is 35.6 Å². The maximum atomic E-state index is 12.5. The first-order valence-corrected chi connectivity index (χ1v) is 5.53. The molecule has 0 aliphatic heterocycles. The van der Waals surface area contributed by atoms with Crippen LogP contribution < -0.4 is 5.73 Å². The summed E-state index contributed by atoms with van der Waals surface area (Å²) in [5.74, 6) is 0. The van der Waals surface area contributed by atoms with Crippen molar-refractivity contribution in [2.45, 2.75) is 37.6 Å². The molecule has 2 nitrogen and oxygen atoms in total. The van der Waals surface area contributed by atoms with E-state index >= 15 is 0 Å². The minimum absolute atomic E-state index is 0.395. The Bertz CT molecular complexity index is 417. The first-order valence-electron chi connectivity index (χ1n) is 5.53. The van der Waals surface area contributed by atoms with Gasteiger partial charge < -0.3 is 10.8 Å². The van der Waals surface area contributed by atoms with Gasteiger partial charge in [0.1, 0.15) is 0 Å². The van der Waals surface area contributed by atoms with E-state index in [9.17, 15) is 18.3 Å². The number of alkyl halides is 3. The summed E-state index contributed by atoms with van der Waals surface area (Å²) in [6, 6.07) is 3.07. The van der Waals surface area contributed by atoms with Crippen molar-refractivity contribution in [3.8, 4) is 0 Å². The smallest absolute Gasteiger partial charge is 0.387 e. The zero-order valence-electron chi connectivity index (χ0n) is 9.17. The highest BCUT2D eigenvalue weighted by Gasteiger charge is 2.32. The average molecular weight is 245 g/mol. The molecule has 3 N–H and O–H groups in total. The van der Waals surface area contributed by atoms with E-state index in [0.29, 0.717) is 30.4 Å². The topological polar surface area (TPSA) is 46.2 Å². The van der Waals surface area contributed by atoms with Gasteiger partial charge in [0.15, 0.2) is 0 Å². The van der Waals surface area contributed by atoms with Gasteiger partial charge in [-0.2, -0.15) is 13.2 Å². The van der Waals surface area contributed by atoms with E-state index in [0.717, 1.165) is 12.1 Å². The monoisotopic (exact) mass is 245 g/mol. The molecule has 0 saturated carbocycles. The van der Waals surface area contributed by atoms with Gasteiger partial charge in [0.2, 0.25) is 0 Å². The second-order valence-electron chi connectivity index (χ2n) is 4.41. The predicted octanol–water partition coefficient (Wildman–Crippen LogP) is 2.40. The van der Waals surface area contributed by atoms with Gasteiger partial charge in [-0.1, -0.05) is 6.07 Å². The molecule has 0 aromatic heterocycles. The number of nitrogens with two attached hydrogens (primary N) is 1. The van der Waals surface area contributed by atoms with Crippen LogP contribution in [-0.2, 0) is 12.6 Å². The molecule has 17 heavy (non-hydrogen) atoms. The van der Waals surface area contributed by atoms with Crippen molar-refractivity contribution in [3.63, 3.8) is 0 Å². The third kappa shape index (κ3) is 2.45. The lowest BCUT2D eigenvalue weighted by atomic mass is 9.97. The Labute approximate surface area is 97.2 Å². The molecule has 2 atom stereocenters. The molecular formula is C12H14F3NO. The summed E-state index contributed by atoms with van der Waals surface area (Å²) in [7, 11) is 0. The predicted molar refractivity (Wildman–Crippen MR) is 57.3 cm³/mol. The molecule has 5 heteroatoms. The van der Waals surface area contributed by atoms with Crippen LogP contribution >= 0.6 is 0 Å². The lowest BCUT2D eigenvalue weighted by Crippen LogP contribution is -2.27. The molecule has 1 aromatic carbocycles. The molecular weight excluding hydrogens is 231 g/mol. The number of aryl methyl sites for hydroxylation is 1. The van der Waals surface area contributed by atoms with Gasteiger partial charge >= 0.3 is 6.18 Å². The minimum atomic E-state index is -4.34. The average Bonchev–Trinajstić information content (AvgIpc) is 2.38. The van der Waals surface area contributed by atoms with Crippen molar-refractivity contribution in [1.82, 2.24) is 0 Å². The minimum Gasteiger partial charge on any atom is -0.387 e. The Morgan fingerprint density at radius 1 is 1.29 bits per heavy atom. The first kappa shape index (κ1) is 12.4. The lowest BCUT2D eigenvalue weighted by molar-refractivity contribution is -0.137. The second-order valence-corrected chi connectivity index (χ2v) is 4.41. The van der Waals surface area contributed by atoms with E-state index < -0.39 is 23.9 Å². The van der Waals surface area contributed by atoms with Crippen molar-refractivity contribution in [3.05, 3.63) is 34.9 Å². The van der Waals surface area contributed by atoms with Gasteiger partial charge in [-0.3, -0.25) is 0 Å². The Hall–Kier alpha value is -1.07. The summed E-state index contributed by atoms with van der Waals surface area (Å²) < 4.78 is 37.6. The Morgan fingerprint density at radius 3 is 2.65 bits per heavy atom. The molecule has 0 fully saturated rings. The molecule has 0 heterocycles. The molecule has 0 spiro atoms. The highest BCUT2D eigenvalue weighted by atomic mass is 19.4. The molecule has 94 valence electrons. The van der Waals surface area contributed by atoms with Gasteiger partial charge in [0.25, 0.3) is 0 Å². The van der Waals surface area contributed by atoms with Crippen molar-refractivity contribution in [1.29, 1.82) is 0 Å². The van der Waals surface area contributed by atoms with E-state index in [-0.39, 0.29) is 0 Å². The second kappa shape index (κ2) is 4.31. The highest BCUT2D eigenvalue weighted by molar-refractivity contribution is 5.36. The van der Waals surface area contributed by atoms with Gasteiger partial charge in [-0.15, -0.1) is 0 Å². The quantitative estimate of drug-likeness (QED) is 0.689. The summed E-state index contributed by atoms with van der Waals surface area (Å²) >= 11 is 0. The molecule has 1 aromatic rings. The third-order valence-corrected chi connectivity index (χ3v) is 3.18. The fourth-order valence-corrected chi connectivity index (χ4v) is 2.20. The largest absolute Gasteiger partial charge is 0.416 e. The number of halogens is 3. The molecule has 1 aliphatic rings. The molecule has 0 saturated heterocycles. The Balaban J connectivity index is 2.43. The van der Waals surface area contributed by atoms with Crippen molar-refractivity contribution < 1.29 is 18.3 Å². The van der Waals surface area contributed by atoms with Crippen LogP contribution in [0, 0.1) is 0 Å². The van der Waals surface area contributed by atoms with Gasteiger partial charge in [-0.25, -0.2) is 0 Å². The number of benzene rings is 1. The van der Waals surface area contributed by atoms with E-state index in [4.69, 9.17) is 5.73 Å². The summed E-state index contributed by atoms with van der Waals surface area (Å²) in [4.78, 5) is 0. The van der Waals surface area contributed by atoms with E-state index in [1.807, 2.05) is 0 Å². The van der Waals surface area contributed by atoms with Gasteiger partial charge in [-0.05, 0) is 42.5 Å². The number of rotatable bonds is 0. The van der Waals surface area contributed by atoms with E-state index in [1.165, 1.54) is 6.07 Å². The first-order chi connectivity index (χ1) is 7.89. The van der Waals surface area contributed by atoms with Gasteiger partial charge in [0.05, 0.1) is 11.7 Å². The number of hydrogen-bond acceptors (Lipinski definition) is 2. The number of fused-ring (bicyclic) bond motifs is 1. The van der Waals surface area contributed by atoms with Crippen LogP contribution in [0.2, 0.25) is 0 Å².